The van der Waals surface area contributed by atoms with E-state index in [0.29, 0.717) is 11.8 Å². The molecule has 0 radical (unpaired) electrons. The summed E-state index contributed by atoms with van der Waals surface area (Å²) in [6, 6.07) is 2.05. The van der Waals surface area contributed by atoms with Crippen molar-refractivity contribution in [3.8, 4) is 0 Å². The van der Waals surface area contributed by atoms with Gasteiger partial charge in [-0.1, -0.05) is 5.16 Å². The van der Waals surface area contributed by atoms with Crippen molar-refractivity contribution in [1.29, 1.82) is 0 Å². The second-order valence-electron chi connectivity index (χ2n) is 5.57. The molecule has 1 aromatic rings. The summed E-state index contributed by atoms with van der Waals surface area (Å²) in [4.78, 5) is 16.6. The first-order valence-electron chi connectivity index (χ1n) is 6.97. The Labute approximate surface area is 114 Å². The first-order chi connectivity index (χ1) is 9.08. The van der Waals surface area contributed by atoms with Gasteiger partial charge >= 0.3 is 0 Å². The molecule has 1 aliphatic rings. The number of hydrogen-bond donors (Lipinski definition) is 0. The highest BCUT2D eigenvalue weighted by Crippen LogP contribution is 2.22. The average Bonchev–Trinajstić information content (AvgIpc) is 2.82. The topological polar surface area (TPSA) is 49.6 Å². The zero-order valence-corrected chi connectivity index (χ0v) is 12.1. The number of rotatable bonds is 4. The Morgan fingerprint density at radius 1 is 1.53 bits per heavy atom. The normalized spacial score (nSPS) is 20.0. The van der Waals surface area contributed by atoms with E-state index in [1.165, 1.54) is 6.42 Å². The van der Waals surface area contributed by atoms with E-state index in [9.17, 15) is 4.79 Å². The summed E-state index contributed by atoms with van der Waals surface area (Å²) in [5.41, 5.74) is 0.755. The summed E-state index contributed by atoms with van der Waals surface area (Å²) in [6.07, 6.45) is 4.40. The molecule has 0 N–H and O–H groups in total. The molecular weight excluding hydrogens is 242 g/mol. The van der Waals surface area contributed by atoms with Crippen LogP contribution in [0, 0.1) is 6.92 Å². The lowest BCUT2D eigenvalue weighted by Crippen LogP contribution is -2.44. The smallest absolute Gasteiger partial charge is 0.292 e. The van der Waals surface area contributed by atoms with Gasteiger partial charge in [0.2, 0.25) is 5.76 Å². The molecule has 1 fully saturated rings. The molecule has 19 heavy (non-hydrogen) atoms. The zero-order chi connectivity index (χ0) is 13.8. The molecule has 0 aliphatic carbocycles. The second kappa shape index (κ2) is 6.19. The minimum absolute atomic E-state index is 0.0101. The molecule has 106 valence electrons. The number of hydrogen-bond acceptors (Lipinski definition) is 4. The van der Waals surface area contributed by atoms with Crippen molar-refractivity contribution < 1.29 is 9.32 Å². The Hall–Kier alpha value is -1.36. The van der Waals surface area contributed by atoms with E-state index in [4.69, 9.17) is 4.52 Å². The van der Waals surface area contributed by atoms with Gasteiger partial charge in [0.15, 0.2) is 0 Å². The van der Waals surface area contributed by atoms with Crippen LogP contribution in [0.15, 0.2) is 10.6 Å². The molecule has 2 rings (SSSR count). The molecule has 1 aromatic heterocycles. The summed E-state index contributed by atoms with van der Waals surface area (Å²) >= 11 is 0. The van der Waals surface area contributed by atoms with Crippen LogP contribution in [-0.4, -0.2) is 54.1 Å². The Balaban J connectivity index is 2.04. The lowest BCUT2D eigenvalue weighted by molar-refractivity contribution is 0.0549. The van der Waals surface area contributed by atoms with E-state index in [0.717, 1.165) is 38.0 Å². The van der Waals surface area contributed by atoms with E-state index in [1.54, 1.807) is 6.07 Å². The highest BCUT2D eigenvalue weighted by atomic mass is 16.5. The number of amides is 1. The lowest BCUT2D eigenvalue weighted by atomic mass is 9.98. The molecule has 5 heteroatoms. The molecule has 2 heterocycles. The molecule has 1 atom stereocenters. The van der Waals surface area contributed by atoms with E-state index >= 15 is 0 Å². The number of carbonyl (C=O) groups is 1. The van der Waals surface area contributed by atoms with Crippen LogP contribution in [0.5, 0.6) is 0 Å². The number of carbonyl (C=O) groups excluding carboxylic acids is 1. The highest BCUT2D eigenvalue weighted by Gasteiger charge is 2.29. The standard InChI is InChI=1S/C14H23N3O2/c1-11-10-13(19-15-11)14(18)17-8-5-4-6-12(17)7-9-16(2)3/h10,12H,4-9H2,1-3H3/t12-/m1/s1. The largest absolute Gasteiger partial charge is 0.351 e. The third-order valence-corrected chi connectivity index (χ3v) is 3.64. The number of likely N-dealkylation sites (tertiary alicyclic amines) is 1. The van der Waals surface area contributed by atoms with Gasteiger partial charge in [-0.2, -0.15) is 0 Å². The maximum Gasteiger partial charge on any atom is 0.292 e. The summed E-state index contributed by atoms with van der Waals surface area (Å²) in [6.45, 7) is 3.67. The van der Waals surface area contributed by atoms with Crippen molar-refractivity contribution in [3.63, 3.8) is 0 Å². The van der Waals surface area contributed by atoms with Crippen molar-refractivity contribution in [1.82, 2.24) is 15.0 Å². The molecule has 1 saturated heterocycles. The maximum absolute atomic E-state index is 12.4. The Morgan fingerprint density at radius 3 is 2.95 bits per heavy atom. The van der Waals surface area contributed by atoms with Crippen molar-refractivity contribution >= 4 is 5.91 Å². The fourth-order valence-electron chi connectivity index (χ4n) is 2.58. The van der Waals surface area contributed by atoms with Crippen LogP contribution in [0.2, 0.25) is 0 Å². The Bertz CT molecular complexity index is 428. The predicted molar refractivity (Wildman–Crippen MR) is 73.1 cm³/mol. The summed E-state index contributed by atoms with van der Waals surface area (Å²) in [5, 5.41) is 3.80. The highest BCUT2D eigenvalue weighted by molar-refractivity contribution is 5.91. The lowest BCUT2D eigenvalue weighted by Gasteiger charge is -2.35. The SMILES string of the molecule is Cc1cc(C(=O)N2CCCC[C@@H]2CCN(C)C)on1. The van der Waals surface area contributed by atoms with Crippen molar-refractivity contribution in [2.24, 2.45) is 0 Å². The summed E-state index contributed by atoms with van der Waals surface area (Å²) < 4.78 is 5.10. The first kappa shape index (κ1) is 14.1. The molecule has 0 aromatic carbocycles. The minimum Gasteiger partial charge on any atom is -0.351 e. The molecular formula is C14H23N3O2. The number of aryl methyl sites for hydroxylation is 1. The van der Waals surface area contributed by atoms with E-state index in [2.05, 4.69) is 24.2 Å². The Morgan fingerprint density at radius 2 is 2.32 bits per heavy atom. The van der Waals surface area contributed by atoms with Crippen LogP contribution >= 0.6 is 0 Å². The predicted octanol–water partition coefficient (Wildman–Crippen LogP) is 1.93. The van der Waals surface area contributed by atoms with E-state index in [1.807, 2.05) is 11.8 Å². The van der Waals surface area contributed by atoms with Crippen LogP contribution < -0.4 is 0 Å². The van der Waals surface area contributed by atoms with Crippen molar-refractivity contribution in [2.75, 3.05) is 27.2 Å². The van der Waals surface area contributed by atoms with Gasteiger partial charge in [-0.25, -0.2) is 0 Å². The molecule has 1 amide bonds. The summed E-state index contributed by atoms with van der Waals surface area (Å²) in [5.74, 6) is 0.360. The van der Waals surface area contributed by atoms with Gasteiger partial charge in [-0.15, -0.1) is 0 Å². The quantitative estimate of drug-likeness (QED) is 0.834. The molecule has 1 aliphatic heterocycles. The number of nitrogens with zero attached hydrogens (tertiary/aromatic N) is 3. The second-order valence-corrected chi connectivity index (χ2v) is 5.57. The fraction of sp³-hybridized carbons (Fsp3) is 0.714. The molecule has 5 nitrogen and oxygen atoms in total. The monoisotopic (exact) mass is 265 g/mol. The van der Waals surface area contributed by atoms with Crippen molar-refractivity contribution in [2.45, 2.75) is 38.6 Å². The van der Waals surface area contributed by atoms with Gasteiger partial charge in [0, 0.05) is 18.7 Å². The van der Waals surface area contributed by atoms with Crippen LogP contribution in [0.1, 0.15) is 41.9 Å². The third-order valence-electron chi connectivity index (χ3n) is 3.64. The zero-order valence-electron chi connectivity index (χ0n) is 12.1. The molecule has 0 spiro atoms. The van der Waals surface area contributed by atoms with Gasteiger partial charge in [-0.05, 0) is 53.2 Å². The molecule has 0 unspecified atom stereocenters. The van der Waals surface area contributed by atoms with Gasteiger partial charge in [0.1, 0.15) is 0 Å². The average molecular weight is 265 g/mol. The van der Waals surface area contributed by atoms with Crippen LogP contribution in [0.25, 0.3) is 0 Å². The minimum atomic E-state index is -0.0101. The van der Waals surface area contributed by atoms with Gasteiger partial charge < -0.3 is 14.3 Å². The van der Waals surface area contributed by atoms with Crippen LogP contribution in [-0.2, 0) is 0 Å². The van der Waals surface area contributed by atoms with Gasteiger partial charge in [0.25, 0.3) is 5.91 Å². The van der Waals surface area contributed by atoms with Crippen molar-refractivity contribution in [3.05, 3.63) is 17.5 Å². The van der Waals surface area contributed by atoms with Crippen LogP contribution in [0.4, 0.5) is 0 Å². The maximum atomic E-state index is 12.4. The van der Waals surface area contributed by atoms with E-state index in [-0.39, 0.29) is 5.91 Å². The van der Waals surface area contributed by atoms with Gasteiger partial charge in [-0.3, -0.25) is 4.79 Å². The molecule has 0 bridgehead atoms. The third kappa shape index (κ3) is 3.56. The number of piperidine rings is 1. The Kier molecular flexibility index (Phi) is 4.58. The van der Waals surface area contributed by atoms with E-state index < -0.39 is 0 Å². The van der Waals surface area contributed by atoms with Crippen LogP contribution in [0.3, 0.4) is 0 Å². The van der Waals surface area contributed by atoms with Gasteiger partial charge in [0.05, 0.1) is 5.69 Å². The fourth-order valence-corrected chi connectivity index (χ4v) is 2.58. The molecule has 0 saturated carbocycles. The number of aromatic nitrogens is 1. The first-order valence-corrected chi connectivity index (χ1v) is 6.97. The summed E-state index contributed by atoms with van der Waals surface area (Å²) in [7, 11) is 4.13.